The number of imidazole rings is 1. The van der Waals surface area contributed by atoms with E-state index in [1.165, 1.54) is 29.7 Å². The van der Waals surface area contributed by atoms with Crippen LogP contribution in [-0.2, 0) is 28.7 Å². The molecule has 45 heavy (non-hydrogen) atoms. The van der Waals surface area contributed by atoms with Gasteiger partial charge in [-0.05, 0) is 42.8 Å². The molecule has 1 unspecified atom stereocenters. The van der Waals surface area contributed by atoms with Gasteiger partial charge < -0.3 is 19.6 Å². The molecule has 3 aromatic carbocycles. The number of benzene rings is 3. The lowest BCUT2D eigenvalue weighted by atomic mass is 9.97. The van der Waals surface area contributed by atoms with Crippen molar-refractivity contribution in [2.45, 2.75) is 19.9 Å². The van der Waals surface area contributed by atoms with E-state index < -0.39 is 23.5 Å². The molecule has 0 aliphatic carbocycles. The summed E-state index contributed by atoms with van der Waals surface area (Å²) in [6.07, 6.45) is 4.92. The molecular weight excluding hydrogens is 600 g/mol. The van der Waals surface area contributed by atoms with Crippen LogP contribution < -0.4 is 9.62 Å². The Labute approximate surface area is 261 Å². The van der Waals surface area contributed by atoms with Crippen molar-refractivity contribution in [3.05, 3.63) is 95.3 Å². The number of nitrogens with zero attached hydrogens (tertiary/aromatic N) is 3. The zero-order valence-electron chi connectivity index (χ0n) is 25.1. The summed E-state index contributed by atoms with van der Waals surface area (Å²) < 4.78 is 47.0. The molecule has 0 spiro atoms. The fraction of sp³-hybridized carbons (Fsp3) is 0.242. The van der Waals surface area contributed by atoms with E-state index in [-0.39, 0.29) is 18.2 Å². The SMILES string of the molecule is CNC(=O)c1c(-c2ccc(F)cc2)oc2cc(N(CCF)S(C)=O)c(-c3cccc(C)c3)cc12.O=CN1CCc2nc[nH]c2C1. The lowest BCUT2D eigenvalue weighted by Gasteiger charge is -2.23. The maximum Gasteiger partial charge on any atom is 0.255 e. The summed E-state index contributed by atoms with van der Waals surface area (Å²) in [5, 5.41) is 3.19. The van der Waals surface area contributed by atoms with E-state index in [0.717, 1.165) is 41.9 Å². The maximum atomic E-state index is 13.5. The number of anilines is 1. The van der Waals surface area contributed by atoms with Gasteiger partial charge in [0.25, 0.3) is 5.91 Å². The Morgan fingerprint density at radius 1 is 1.18 bits per heavy atom. The molecular formula is C33H33F2N5O4S. The van der Waals surface area contributed by atoms with E-state index in [2.05, 4.69) is 15.3 Å². The van der Waals surface area contributed by atoms with Crippen LogP contribution in [0.2, 0.25) is 0 Å². The van der Waals surface area contributed by atoms with Crippen LogP contribution >= 0.6 is 0 Å². The van der Waals surface area contributed by atoms with Crippen LogP contribution in [0.3, 0.4) is 0 Å². The van der Waals surface area contributed by atoms with Crippen LogP contribution in [0.25, 0.3) is 33.4 Å². The van der Waals surface area contributed by atoms with Crippen molar-refractivity contribution in [2.75, 3.05) is 37.4 Å². The molecule has 0 radical (unpaired) electrons. The zero-order chi connectivity index (χ0) is 32.1. The maximum absolute atomic E-state index is 13.5. The molecule has 12 heteroatoms. The number of alkyl halides is 1. The van der Waals surface area contributed by atoms with Crippen molar-refractivity contribution in [1.29, 1.82) is 0 Å². The molecule has 1 aliphatic rings. The highest BCUT2D eigenvalue weighted by molar-refractivity contribution is 7.85. The van der Waals surface area contributed by atoms with Crippen LogP contribution in [0.4, 0.5) is 14.5 Å². The Kier molecular flexibility index (Phi) is 9.72. The molecule has 2 N–H and O–H groups in total. The van der Waals surface area contributed by atoms with E-state index in [9.17, 15) is 22.6 Å². The number of aryl methyl sites for hydroxylation is 1. The molecule has 5 aromatic rings. The number of hydrogen-bond donors (Lipinski definition) is 2. The van der Waals surface area contributed by atoms with Gasteiger partial charge in [0.2, 0.25) is 6.41 Å². The van der Waals surface area contributed by atoms with Crippen molar-refractivity contribution in [3.8, 4) is 22.5 Å². The van der Waals surface area contributed by atoms with Gasteiger partial charge in [0.05, 0.1) is 42.1 Å². The molecule has 1 aliphatic heterocycles. The minimum Gasteiger partial charge on any atom is -0.455 e. The Hall–Kier alpha value is -4.84. The summed E-state index contributed by atoms with van der Waals surface area (Å²) in [5.41, 5.74) is 6.46. The number of hydrogen-bond acceptors (Lipinski definition) is 5. The van der Waals surface area contributed by atoms with Gasteiger partial charge in [-0.2, -0.15) is 0 Å². The van der Waals surface area contributed by atoms with Gasteiger partial charge in [-0.1, -0.05) is 29.8 Å². The van der Waals surface area contributed by atoms with Crippen LogP contribution in [-0.4, -0.2) is 64.5 Å². The molecule has 234 valence electrons. The highest BCUT2D eigenvalue weighted by Gasteiger charge is 2.25. The fourth-order valence-electron chi connectivity index (χ4n) is 5.32. The predicted octanol–water partition coefficient (Wildman–Crippen LogP) is 5.57. The number of carbonyl (C=O) groups is 2. The first-order chi connectivity index (χ1) is 21.7. The van der Waals surface area contributed by atoms with Crippen molar-refractivity contribution >= 4 is 40.0 Å². The topological polar surface area (TPSA) is 112 Å². The van der Waals surface area contributed by atoms with Crippen molar-refractivity contribution < 1.29 is 27.0 Å². The van der Waals surface area contributed by atoms with E-state index >= 15 is 0 Å². The molecule has 0 fully saturated rings. The first-order valence-corrected chi connectivity index (χ1v) is 15.8. The number of fused-ring (bicyclic) bond motifs is 2. The number of aromatic nitrogens is 2. The lowest BCUT2D eigenvalue weighted by Crippen LogP contribution is -2.29. The second kappa shape index (κ2) is 13.9. The van der Waals surface area contributed by atoms with Gasteiger partial charge in [0, 0.05) is 48.8 Å². The van der Waals surface area contributed by atoms with E-state index in [1.807, 2.05) is 31.2 Å². The summed E-state index contributed by atoms with van der Waals surface area (Å²) in [4.78, 5) is 32.2. The summed E-state index contributed by atoms with van der Waals surface area (Å²) in [7, 11) is 0.0191. The van der Waals surface area contributed by atoms with Gasteiger partial charge in [-0.25, -0.2) is 18.0 Å². The monoisotopic (exact) mass is 633 g/mol. The number of amides is 2. The molecule has 2 aromatic heterocycles. The minimum atomic E-state index is -1.50. The van der Waals surface area contributed by atoms with E-state index in [1.54, 1.807) is 35.5 Å². The third-order valence-electron chi connectivity index (χ3n) is 7.52. The fourth-order valence-corrected chi connectivity index (χ4v) is 6.08. The second-order valence-electron chi connectivity index (χ2n) is 10.5. The molecule has 9 nitrogen and oxygen atoms in total. The molecule has 6 rings (SSSR count). The second-order valence-corrected chi connectivity index (χ2v) is 11.8. The highest BCUT2D eigenvalue weighted by atomic mass is 32.2. The van der Waals surface area contributed by atoms with Gasteiger partial charge in [-0.15, -0.1) is 0 Å². The molecule has 0 bridgehead atoms. The van der Waals surface area contributed by atoms with Crippen LogP contribution in [0, 0.1) is 12.7 Å². The van der Waals surface area contributed by atoms with Gasteiger partial charge in [-0.3, -0.25) is 13.9 Å². The van der Waals surface area contributed by atoms with Gasteiger partial charge in [0.15, 0.2) is 0 Å². The Morgan fingerprint density at radius 3 is 2.62 bits per heavy atom. The number of carbonyl (C=O) groups excluding carboxylic acids is 2. The number of H-pyrrole nitrogens is 1. The Morgan fingerprint density at radius 2 is 1.96 bits per heavy atom. The van der Waals surface area contributed by atoms with Gasteiger partial charge in [0.1, 0.15) is 34.8 Å². The molecule has 3 heterocycles. The summed E-state index contributed by atoms with van der Waals surface area (Å²) in [6, 6.07) is 16.9. The summed E-state index contributed by atoms with van der Waals surface area (Å²) in [6.45, 7) is 2.67. The normalized spacial score (nSPS) is 13.0. The first kappa shape index (κ1) is 31.6. The Bertz CT molecular complexity index is 1850. The highest BCUT2D eigenvalue weighted by Crippen LogP contribution is 2.41. The molecule has 0 saturated heterocycles. The third kappa shape index (κ3) is 6.80. The summed E-state index contributed by atoms with van der Waals surface area (Å²) in [5.74, 6) is -0.477. The molecule has 1 atom stereocenters. The minimum absolute atomic E-state index is 0.0682. The quantitative estimate of drug-likeness (QED) is 0.217. The van der Waals surface area contributed by atoms with Gasteiger partial charge >= 0.3 is 0 Å². The number of halogens is 2. The largest absolute Gasteiger partial charge is 0.455 e. The first-order valence-electron chi connectivity index (χ1n) is 14.3. The van der Waals surface area contributed by atoms with Crippen molar-refractivity contribution in [3.63, 3.8) is 0 Å². The van der Waals surface area contributed by atoms with Crippen molar-refractivity contribution in [2.24, 2.45) is 0 Å². The van der Waals surface area contributed by atoms with E-state index in [0.29, 0.717) is 39.9 Å². The number of aromatic amines is 1. The lowest BCUT2D eigenvalue weighted by molar-refractivity contribution is -0.119. The molecule has 0 saturated carbocycles. The number of nitrogens with one attached hydrogen (secondary N) is 2. The average Bonchev–Trinajstić information content (AvgIpc) is 3.67. The summed E-state index contributed by atoms with van der Waals surface area (Å²) >= 11 is 0. The average molecular weight is 634 g/mol. The smallest absolute Gasteiger partial charge is 0.255 e. The van der Waals surface area contributed by atoms with Crippen molar-refractivity contribution in [1.82, 2.24) is 20.2 Å². The standard InChI is InChI=1S/C26H24F2N2O3S.C7H9N3O/c1-16-5-4-6-18(13-16)20-14-21-23(15-22(20)30(12-11-27)34(3)32)33-25(24(21)26(31)29-2)17-7-9-19(28)10-8-17;11-5-10-2-1-6-7(3-10)9-4-8-6/h4-10,13-15H,11-12H2,1-3H3,(H,29,31);4-5H,1-3H2,(H,8,9). The Balaban J connectivity index is 0.000000304. The number of rotatable bonds is 8. The van der Waals surface area contributed by atoms with Crippen LogP contribution in [0.15, 0.2) is 71.4 Å². The third-order valence-corrected chi connectivity index (χ3v) is 8.52. The zero-order valence-corrected chi connectivity index (χ0v) is 25.9. The van der Waals surface area contributed by atoms with Crippen LogP contribution in [0.5, 0.6) is 0 Å². The van der Waals surface area contributed by atoms with Crippen LogP contribution in [0.1, 0.15) is 27.3 Å². The number of furan rings is 1. The predicted molar refractivity (Wildman–Crippen MR) is 171 cm³/mol. The molecule has 2 amide bonds. The van der Waals surface area contributed by atoms with E-state index in [4.69, 9.17) is 4.42 Å².